The predicted molar refractivity (Wildman–Crippen MR) is 90.9 cm³/mol. The van der Waals surface area contributed by atoms with Crippen molar-refractivity contribution < 1.29 is 24.5 Å². The zero-order chi connectivity index (χ0) is 17.5. The summed E-state index contributed by atoms with van der Waals surface area (Å²) >= 11 is 0. The molecule has 128 valence electrons. The Morgan fingerprint density at radius 1 is 1.08 bits per heavy atom. The van der Waals surface area contributed by atoms with Crippen molar-refractivity contribution in [2.75, 3.05) is 19.5 Å². The normalized spacial score (nSPS) is 10.2. The van der Waals surface area contributed by atoms with Crippen molar-refractivity contribution in [3.8, 4) is 17.2 Å². The van der Waals surface area contributed by atoms with Crippen LogP contribution in [0.5, 0.6) is 17.2 Å². The molecule has 2 aromatic carbocycles. The van der Waals surface area contributed by atoms with Crippen LogP contribution in [-0.2, 0) is 17.8 Å². The summed E-state index contributed by atoms with van der Waals surface area (Å²) in [6.45, 7) is 0.509. The summed E-state index contributed by atoms with van der Waals surface area (Å²) in [5.74, 6) is -0.140. The fourth-order valence-electron chi connectivity index (χ4n) is 2.34. The first-order chi connectivity index (χ1) is 11.5. The number of nitrogens with one attached hydrogen (secondary N) is 1. The van der Waals surface area contributed by atoms with Gasteiger partial charge in [0.25, 0.3) is 0 Å². The second kappa shape index (κ2) is 8.10. The van der Waals surface area contributed by atoms with Gasteiger partial charge in [0.15, 0.2) is 11.5 Å². The van der Waals surface area contributed by atoms with Crippen LogP contribution in [0.4, 0.5) is 5.69 Å². The second-order valence-electron chi connectivity index (χ2n) is 5.30. The molecule has 0 saturated heterocycles. The Balaban J connectivity index is 2.08. The van der Waals surface area contributed by atoms with Crippen molar-refractivity contribution in [2.24, 2.45) is 0 Å². The second-order valence-corrected chi connectivity index (χ2v) is 5.30. The first kappa shape index (κ1) is 17.5. The molecule has 0 heterocycles. The zero-order valence-corrected chi connectivity index (χ0v) is 13.7. The van der Waals surface area contributed by atoms with Crippen LogP contribution in [0.3, 0.4) is 0 Å². The van der Waals surface area contributed by atoms with E-state index in [0.717, 1.165) is 16.8 Å². The number of methoxy groups -OCH3 is 2. The van der Waals surface area contributed by atoms with Crippen LogP contribution in [-0.4, -0.2) is 30.4 Å². The van der Waals surface area contributed by atoms with E-state index in [2.05, 4.69) is 5.32 Å². The number of hydrogen-bond acceptors (Lipinski definition) is 5. The number of carboxylic acid groups (broad SMARTS) is 1. The van der Waals surface area contributed by atoms with E-state index in [1.165, 1.54) is 14.2 Å². The van der Waals surface area contributed by atoms with Crippen LogP contribution < -0.4 is 14.8 Å². The number of aliphatic carboxylic acids is 1. The minimum atomic E-state index is -0.809. The van der Waals surface area contributed by atoms with Crippen LogP contribution in [0.15, 0.2) is 36.4 Å². The van der Waals surface area contributed by atoms with Crippen molar-refractivity contribution in [1.82, 2.24) is 0 Å². The molecule has 2 aromatic rings. The van der Waals surface area contributed by atoms with E-state index in [9.17, 15) is 9.90 Å². The Hall–Kier alpha value is -2.89. The van der Waals surface area contributed by atoms with Crippen molar-refractivity contribution in [3.05, 3.63) is 47.5 Å². The van der Waals surface area contributed by atoms with Gasteiger partial charge < -0.3 is 25.0 Å². The van der Waals surface area contributed by atoms with Gasteiger partial charge in [-0.1, -0.05) is 12.1 Å². The molecule has 0 bridgehead atoms. The number of phenols is 1. The number of rotatable bonds is 8. The van der Waals surface area contributed by atoms with Crippen molar-refractivity contribution >= 4 is 11.7 Å². The van der Waals surface area contributed by atoms with Gasteiger partial charge in [-0.15, -0.1) is 0 Å². The highest BCUT2D eigenvalue weighted by Crippen LogP contribution is 2.37. The van der Waals surface area contributed by atoms with E-state index >= 15 is 0 Å². The smallest absolute Gasteiger partial charge is 0.303 e. The quantitative estimate of drug-likeness (QED) is 0.689. The molecule has 0 aliphatic heterocycles. The average Bonchev–Trinajstić information content (AvgIpc) is 2.59. The standard InChI is InChI=1S/C18H21NO5/c1-23-15-9-13(10-16(24-2)18(15)22)11-19-14-5-3-4-12(8-14)6-7-17(20)21/h3-5,8-10,19,22H,6-7,11H2,1-2H3,(H,20,21). The summed E-state index contributed by atoms with van der Waals surface area (Å²) < 4.78 is 10.3. The molecule has 0 saturated carbocycles. The molecular weight excluding hydrogens is 310 g/mol. The number of ether oxygens (including phenoxy) is 2. The third kappa shape index (κ3) is 4.55. The highest BCUT2D eigenvalue weighted by atomic mass is 16.5. The van der Waals surface area contributed by atoms with Crippen molar-refractivity contribution in [1.29, 1.82) is 0 Å². The third-order valence-corrected chi connectivity index (χ3v) is 3.59. The van der Waals surface area contributed by atoms with E-state index in [1.54, 1.807) is 12.1 Å². The summed E-state index contributed by atoms with van der Waals surface area (Å²) in [6.07, 6.45) is 0.599. The fourth-order valence-corrected chi connectivity index (χ4v) is 2.34. The number of carboxylic acids is 1. The maximum Gasteiger partial charge on any atom is 0.303 e. The number of carbonyl (C=O) groups is 1. The number of benzene rings is 2. The van der Waals surface area contributed by atoms with Gasteiger partial charge in [0.05, 0.1) is 14.2 Å². The number of hydrogen-bond donors (Lipinski definition) is 3. The maximum absolute atomic E-state index is 10.7. The van der Waals surface area contributed by atoms with Gasteiger partial charge in [-0.25, -0.2) is 0 Å². The molecule has 2 rings (SSSR count). The van der Waals surface area contributed by atoms with Gasteiger partial charge in [-0.05, 0) is 41.8 Å². The number of aryl methyl sites for hydroxylation is 1. The molecular formula is C18H21NO5. The number of aromatic hydroxyl groups is 1. The van der Waals surface area contributed by atoms with Crippen LogP contribution >= 0.6 is 0 Å². The summed E-state index contributed by atoms with van der Waals surface area (Å²) in [5.41, 5.74) is 2.74. The van der Waals surface area contributed by atoms with Gasteiger partial charge >= 0.3 is 5.97 Å². The largest absolute Gasteiger partial charge is 0.502 e. The molecule has 0 radical (unpaired) electrons. The van der Waals surface area contributed by atoms with E-state index < -0.39 is 5.97 Å². The first-order valence-electron chi connectivity index (χ1n) is 7.52. The molecule has 0 atom stereocenters. The Labute approximate surface area is 140 Å². The van der Waals surface area contributed by atoms with Gasteiger partial charge in [-0.3, -0.25) is 4.79 Å². The molecule has 0 amide bonds. The minimum absolute atomic E-state index is 0.0283. The third-order valence-electron chi connectivity index (χ3n) is 3.59. The van der Waals surface area contributed by atoms with Crippen LogP contribution in [0.2, 0.25) is 0 Å². The predicted octanol–water partition coefficient (Wildman–Crippen LogP) is 3.04. The van der Waals surface area contributed by atoms with Crippen LogP contribution in [0.1, 0.15) is 17.5 Å². The molecule has 0 fully saturated rings. The monoisotopic (exact) mass is 331 g/mol. The highest BCUT2D eigenvalue weighted by Gasteiger charge is 2.11. The van der Waals surface area contributed by atoms with Gasteiger partial charge in [0.2, 0.25) is 5.75 Å². The Morgan fingerprint density at radius 2 is 1.75 bits per heavy atom. The van der Waals surface area contributed by atoms with Gasteiger partial charge in [0.1, 0.15) is 0 Å². The lowest BCUT2D eigenvalue weighted by atomic mass is 10.1. The molecule has 0 aliphatic rings. The summed E-state index contributed by atoms with van der Waals surface area (Å²) in [6, 6.07) is 11.1. The van der Waals surface area contributed by atoms with Gasteiger partial charge in [0, 0.05) is 18.7 Å². The Morgan fingerprint density at radius 3 is 2.33 bits per heavy atom. The lowest BCUT2D eigenvalue weighted by molar-refractivity contribution is -0.136. The number of anilines is 1. The lowest BCUT2D eigenvalue weighted by Gasteiger charge is -2.13. The fraction of sp³-hybridized carbons (Fsp3) is 0.278. The molecule has 6 nitrogen and oxygen atoms in total. The highest BCUT2D eigenvalue weighted by molar-refractivity contribution is 5.67. The van der Waals surface area contributed by atoms with E-state index in [0.29, 0.717) is 24.5 Å². The van der Waals surface area contributed by atoms with E-state index in [-0.39, 0.29) is 12.2 Å². The first-order valence-corrected chi connectivity index (χ1v) is 7.52. The van der Waals surface area contributed by atoms with Crippen LogP contribution in [0, 0.1) is 0 Å². The topological polar surface area (TPSA) is 88.0 Å². The average molecular weight is 331 g/mol. The zero-order valence-electron chi connectivity index (χ0n) is 13.7. The SMILES string of the molecule is COc1cc(CNc2cccc(CCC(=O)O)c2)cc(OC)c1O. The summed E-state index contributed by atoms with van der Waals surface area (Å²) in [4.78, 5) is 10.7. The van der Waals surface area contributed by atoms with Crippen molar-refractivity contribution in [2.45, 2.75) is 19.4 Å². The van der Waals surface area contributed by atoms with E-state index in [1.807, 2.05) is 24.3 Å². The molecule has 0 aromatic heterocycles. The molecule has 6 heteroatoms. The van der Waals surface area contributed by atoms with Crippen molar-refractivity contribution in [3.63, 3.8) is 0 Å². The molecule has 0 aliphatic carbocycles. The van der Waals surface area contributed by atoms with E-state index in [4.69, 9.17) is 14.6 Å². The molecule has 0 unspecified atom stereocenters. The molecule has 3 N–H and O–H groups in total. The van der Waals surface area contributed by atoms with Crippen LogP contribution in [0.25, 0.3) is 0 Å². The lowest BCUT2D eigenvalue weighted by Crippen LogP contribution is -2.02. The van der Waals surface area contributed by atoms with Gasteiger partial charge in [-0.2, -0.15) is 0 Å². The Kier molecular flexibility index (Phi) is 5.89. The summed E-state index contributed by atoms with van der Waals surface area (Å²) in [5, 5.41) is 21.9. The molecule has 0 spiro atoms. The Bertz CT molecular complexity index is 689. The molecule has 24 heavy (non-hydrogen) atoms. The minimum Gasteiger partial charge on any atom is -0.502 e. The maximum atomic E-state index is 10.7. The number of phenolic OH excluding ortho intramolecular Hbond substituents is 1. The summed E-state index contributed by atoms with van der Waals surface area (Å²) in [7, 11) is 2.97.